The average Bonchev–Trinajstić information content (AvgIpc) is 3.07. The van der Waals surface area contributed by atoms with Gasteiger partial charge < -0.3 is 15.3 Å². The first kappa shape index (κ1) is 17.5. The van der Waals surface area contributed by atoms with Crippen LogP contribution in [0.2, 0.25) is 0 Å². The maximum atomic E-state index is 12.6. The minimum atomic E-state index is -0.0513. The molecule has 134 valence electrons. The van der Waals surface area contributed by atoms with E-state index in [0.717, 1.165) is 42.8 Å². The fourth-order valence-electron chi connectivity index (χ4n) is 3.42. The van der Waals surface area contributed by atoms with Gasteiger partial charge in [-0.3, -0.25) is 0 Å². The summed E-state index contributed by atoms with van der Waals surface area (Å²) in [5.41, 5.74) is 2.95. The lowest BCUT2D eigenvalue weighted by atomic mass is 10.0. The number of rotatable bonds is 5. The second kappa shape index (κ2) is 8.16. The number of piperidine rings is 1. The molecule has 0 bridgehead atoms. The van der Waals surface area contributed by atoms with Crippen LogP contribution in [0.4, 0.5) is 4.79 Å². The number of amides is 2. The summed E-state index contributed by atoms with van der Waals surface area (Å²) in [6.45, 7) is 3.29. The Labute approximate surface area is 148 Å². The Hall–Kier alpha value is -2.34. The summed E-state index contributed by atoms with van der Waals surface area (Å²) in [7, 11) is 0. The molecule has 6 nitrogen and oxygen atoms in total. The predicted molar refractivity (Wildman–Crippen MR) is 96.6 cm³/mol. The molecule has 2 aromatic rings. The largest absolute Gasteiger partial charge is 0.396 e. The number of hydrogen-bond acceptors (Lipinski definition) is 3. The van der Waals surface area contributed by atoms with Gasteiger partial charge in [0.2, 0.25) is 0 Å². The van der Waals surface area contributed by atoms with Crippen LogP contribution in [-0.4, -0.2) is 45.0 Å². The summed E-state index contributed by atoms with van der Waals surface area (Å²) in [5, 5.41) is 16.7. The van der Waals surface area contributed by atoms with Crippen molar-refractivity contribution >= 4 is 6.03 Å². The van der Waals surface area contributed by atoms with Gasteiger partial charge in [0.25, 0.3) is 0 Å². The molecule has 2 N–H and O–H groups in total. The van der Waals surface area contributed by atoms with Crippen LogP contribution in [0.25, 0.3) is 5.69 Å². The highest BCUT2D eigenvalue weighted by molar-refractivity contribution is 5.74. The lowest BCUT2D eigenvalue weighted by molar-refractivity contribution is 0.131. The number of aryl methyl sites for hydroxylation is 1. The van der Waals surface area contributed by atoms with Crippen LogP contribution in [-0.2, 0) is 6.54 Å². The molecule has 0 aliphatic carbocycles. The van der Waals surface area contributed by atoms with Gasteiger partial charge in [0.15, 0.2) is 0 Å². The van der Waals surface area contributed by atoms with Crippen LogP contribution in [0.1, 0.15) is 36.9 Å². The fourth-order valence-corrected chi connectivity index (χ4v) is 3.42. The highest BCUT2D eigenvalue weighted by Gasteiger charge is 2.26. The summed E-state index contributed by atoms with van der Waals surface area (Å²) in [4.78, 5) is 14.5. The van der Waals surface area contributed by atoms with Crippen molar-refractivity contribution < 1.29 is 9.90 Å². The first-order valence-electron chi connectivity index (χ1n) is 8.95. The van der Waals surface area contributed by atoms with Crippen LogP contribution < -0.4 is 5.32 Å². The number of aliphatic hydroxyl groups excluding tert-OH is 1. The van der Waals surface area contributed by atoms with Gasteiger partial charge in [-0.25, -0.2) is 9.48 Å². The molecule has 0 radical (unpaired) electrons. The van der Waals surface area contributed by atoms with Gasteiger partial charge in [-0.05, 0) is 50.3 Å². The Morgan fingerprint density at radius 3 is 2.92 bits per heavy atom. The van der Waals surface area contributed by atoms with E-state index < -0.39 is 0 Å². The first-order chi connectivity index (χ1) is 12.2. The number of aliphatic hydroxyl groups is 1. The highest BCUT2D eigenvalue weighted by Crippen LogP contribution is 2.20. The maximum Gasteiger partial charge on any atom is 0.317 e. The van der Waals surface area contributed by atoms with E-state index in [2.05, 4.69) is 10.4 Å². The third-order valence-electron chi connectivity index (χ3n) is 4.74. The van der Waals surface area contributed by atoms with E-state index in [0.29, 0.717) is 13.0 Å². The van der Waals surface area contributed by atoms with E-state index in [1.54, 1.807) is 0 Å². The molecule has 3 rings (SSSR count). The van der Waals surface area contributed by atoms with Gasteiger partial charge in [-0.15, -0.1) is 0 Å². The van der Waals surface area contributed by atoms with Crippen LogP contribution >= 0.6 is 0 Å². The summed E-state index contributed by atoms with van der Waals surface area (Å²) in [6, 6.07) is 10.0. The standard InChI is InChI=1S/C19H26N4O2/c1-15-9-12-23(21-15)18-8-3-2-6-16(18)14-20-19(25)22-11-5-4-7-17(22)10-13-24/h2-3,6,8-9,12,17,24H,4-5,7,10-11,13-14H2,1H3,(H,20,25)/t17-/m1/s1. The number of hydrogen-bond donors (Lipinski definition) is 2. The molecule has 0 unspecified atom stereocenters. The van der Waals surface area contributed by atoms with Gasteiger partial charge >= 0.3 is 6.03 Å². The van der Waals surface area contributed by atoms with Gasteiger partial charge in [-0.1, -0.05) is 18.2 Å². The quantitative estimate of drug-likeness (QED) is 0.877. The van der Waals surface area contributed by atoms with Crippen LogP contribution in [0.3, 0.4) is 0 Å². The summed E-state index contributed by atoms with van der Waals surface area (Å²) in [5.74, 6) is 0. The lowest BCUT2D eigenvalue weighted by Crippen LogP contribution is -2.48. The Morgan fingerprint density at radius 2 is 2.16 bits per heavy atom. The monoisotopic (exact) mass is 342 g/mol. The highest BCUT2D eigenvalue weighted by atomic mass is 16.3. The number of para-hydroxylation sites is 1. The molecule has 1 aromatic carbocycles. The molecule has 1 saturated heterocycles. The zero-order chi connectivity index (χ0) is 17.6. The van der Waals surface area contributed by atoms with E-state index >= 15 is 0 Å². The number of carbonyl (C=O) groups excluding carboxylic acids is 1. The van der Waals surface area contributed by atoms with Gasteiger partial charge in [0.05, 0.1) is 11.4 Å². The van der Waals surface area contributed by atoms with Crippen LogP contribution in [0.5, 0.6) is 0 Å². The molecule has 6 heteroatoms. The predicted octanol–water partition coefficient (Wildman–Crippen LogP) is 2.63. The Balaban J connectivity index is 1.68. The fraction of sp³-hybridized carbons (Fsp3) is 0.474. The third-order valence-corrected chi connectivity index (χ3v) is 4.74. The number of urea groups is 1. The van der Waals surface area contributed by atoms with Crippen molar-refractivity contribution in [3.05, 3.63) is 47.8 Å². The minimum absolute atomic E-state index is 0.0513. The van der Waals surface area contributed by atoms with Crippen molar-refractivity contribution in [3.8, 4) is 5.69 Å². The molecule has 1 aromatic heterocycles. The molecule has 1 atom stereocenters. The second-order valence-corrected chi connectivity index (χ2v) is 6.54. The van der Waals surface area contributed by atoms with Crippen LogP contribution in [0, 0.1) is 6.92 Å². The van der Waals surface area contributed by atoms with Gasteiger partial charge in [-0.2, -0.15) is 5.10 Å². The molecule has 0 spiro atoms. The van der Waals surface area contributed by atoms with E-state index in [1.165, 1.54) is 0 Å². The number of aromatic nitrogens is 2. The molecule has 1 fully saturated rings. The third kappa shape index (κ3) is 4.20. The zero-order valence-corrected chi connectivity index (χ0v) is 14.7. The average molecular weight is 342 g/mol. The van der Waals surface area contributed by atoms with Crippen molar-refractivity contribution in [3.63, 3.8) is 0 Å². The number of nitrogens with one attached hydrogen (secondary N) is 1. The minimum Gasteiger partial charge on any atom is -0.396 e. The number of benzene rings is 1. The van der Waals surface area contributed by atoms with E-state index in [1.807, 2.05) is 53.0 Å². The Kier molecular flexibility index (Phi) is 5.71. The molecule has 1 aliphatic rings. The van der Waals surface area contributed by atoms with Crippen LogP contribution in [0.15, 0.2) is 36.5 Å². The Morgan fingerprint density at radius 1 is 1.32 bits per heavy atom. The van der Waals surface area contributed by atoms with E-state index in [4.69, 9.17) is 0 Å². The smallest absolute Gasteiger partial charge is 0.317 e. The van der Waals surface area contributed by atoms with Gasteiger partial charge in [0, 0.05) is 31.9 Å². The lowest BCUT2D eigenvalue weighted by Gasteiger charge is -2.35. The van der Waals surface area contributed by atoms with E-state index in [9.17, 15) is 9.90 Å². The van der Waals surface area contributed by atoms with Crippen molar-refractivity contribution in [1.29, 1.82) is 0 Å². The molecule has 25 heavy (non-hydrogen) atoms. The Bertz CT molecular complexity index is 711. The van der Waals surface area contributed by atoms with Gasteiger partial charge in [0.1, 0.15) is 0 Å². The maximum absolute atomic E-state index is 12.6. The zero-order valence-electron chi connectivity index (χ0n) is 14.7. The van der Waals surface area contributed by atoms with Crippen molar-refractivity contribution in [2.45, 2.75) is 45.2 Å². The molecule has 0 saturated carbocycles. The molecular weight excluding hydrogens is 316 g/mol. The van der Waals surface area contributed by atoms with Crippen molar-refractivity contribution in [2.24, 2.45) is 0 Å². The summed E-state index contributed by atoms with van der Waals surface area (Å²) < 4.78 is 1.84. The SMILES string of the molecule is Cc1ccn(-c2ccccc2CNC(=O)N2CCCC[C@@H]2CCO)n1. The second-order valence-electron chi connectivity index (χ2n) is 6.54. The molecule has 2 heterocycles. The van der Waals surface area contributed by atoms with Crippen molar-refractivity contribution in [2.75, 3.05) is 13.2 Å². The van der Waals surface area contributed by atoms with E-state index in [-0.39, 0.29) is 18.7 Å². The number of nitrogens with zero attached hydrogens (tertiary/aromatic N) is 3. The normalized spacial score (nSPS) is 17.5. The first-order valence-corrected chi connectivity index (χ1v) is 8.95. The topological polar surface area (TPSA) is 70.4 Å². The molecular formula is C19H26N4O2. The molecule has 2 amide bonds. The molecule has 1 aliphatic heterocycles. The summed E-state index contributed by atoms with van der Waals surface area (Å²) in [6.07, 6.45) is 5.69. The number of likely N-dealkylation sites (tertiary alicyclic amines) is 1. The number of carbonyl (C=O) groups is 1. The van der Waals surface area contributed by atoms with Crippen molar-refractivity contribution in [1.82, 2.24) is 20.0 Å². The summed E-state index contributed by atoms with van der Waals surface area (Å²) >= 11 is 0.